The van der Waals surface area contributed by atoms with E-state index >= 15 is 0 Å². The summed E-state index contributed by atoms with van der Waals surface area (Å²) in [6.07, 6.45) is 2.02. The second-order valence-electron chi connectivity index (χ2n) is 1.83. The van der Waals surface area contributed by atoms with Crippen molar-refractivity contribution in [2.24, 2.45) is 0 Å². The van der Waals surface area contributed by atoms with Gasteiger partial charge in [-0.1, -0.05) is 13.0 Å². The molecule has 3 nitrogen and oxygen atoms in total. The van der Waals surface area contributed by atoms with Gasteiger partial charge in [0, 0.05) is 0 Å². The molecule has 0 bridgehead atoms. The van der Waals surface area contributed by atoms with Crippen LogP contribution in [-0.2, 0) is 14.3 Å². The van der Waals surface area contributed by atoms with Crippen molar-refractivity contribution in [3.8, 4) is 0 Å². The van der Waals surface area contributed by atoms with E-state index in [2.05, 4.69) is 10.8 Å². The zero-order valence-corrected chi connectivity index (χ0v) is 6.86. The normalized spacial score (nSPS) is 10.3. The van der Waals surface area contributed by atoms with Crippen LogP contribution >= 0.6 is 0 Å². The Kier molecular flexibility index (Phi) is 9.43. The van der Waals surface area contributed by atoms with Gasteiger partial charge in [0.25, 0.3) is 10.1 Å². The second-order valence-corrected chi connectivity index (χ2v) is 3.52. The Labute approximate surface area is 90.2 Å². The van der Waals surface area contributed by atoms with Gasteiger partial charge in [-0.15, -0.1) is 6.58 Å². The summed E-state index contributed by atoms with van der Waals surface area (Å²) in [6, 6.07) is 0. The van der Waals surface area contributed by atoms with Crippen molar-refractivity contribution in [2.45, 2.75) is 13.3 Å². The molecule has 5 heteroatoms. The van der Waals surface area contributed by atoms with E-state index in [0.29, 0.717) is 6.42 Å². The molecule has 0 aromatic heterocycles. The fraction of sp³-hybridized carbons (Fsp3) is 0.667. The zero-order valence-electron chi connectivity index (χ0n) is 6.04. The molecule has 0 aromatic carbocycles. The maximum absolute atomic E-state index is 10.7. The van der Waals surface area contributed by atoms with Crippen molar-refractivity contribution in [1.82, 2.24) is 0 Å². The van der Waals surface area contributed by atoms with Crippen molar-refractivity contribution >= 4 is 39.7 Å². The molecule has 0 fully saturated rings. The fourth-order valence-corrected chi connectivity index (χ4v) is 1.21. The van der Waals surface area contributed by atoms with Gasteiger partial charge in [-0.05, 0) is 6.42 Å². The van der Waals surface area contributed by atoms with Crippen LogP contribution in [0.4, 0.5) is 0 Å². The summed E-state index contributed by atoms with van der Waals surface area (Å²) >= 11 is 0. The number of hydrogen-bond donors (Lipinski definition) is 0. The Hall–Kier alpha value is 0.650. The third kappa shape index (κ3) is 8.56. The summed E-state index contributed by atoms with van der Waals surface area (Å²) in [5.74, 6) is -0.104. The predicted molar refractivity (Wildman–Crippen MR) is 47.4 cm³/mol. The van der Waals surface area contributed by atoms with Crippen LogP contribution in [0.5, 0.6) is 0 Å². The topological polar surface area (TPSA) is 43.4 Å². The Balaban J connectivity index is 0. The average molecular weight is 188 g/mol. The monoisotopic (exact) mass is 188 g/mol. The Bertz CT molecular complexity index is 186. The van der Waals surface area contributed by atoms with Crippen LogP contribution in [0.2, 0.25) is 0 Å². The summed E-state index contributed by atoms with van der Waals surface area (Å²) in [6.45, 7) is 5.41. The standard InChI is InChI=1S/C6H12O3S.Na.H/c1-3-5-9-10(7,8)6-4-2;;/h4H,2-3,5-6H2,1H3;;. The van der Waals surface area contributed by atoms with E-state index < -0.39 is 10.1 Å². The average Bonchev–Trinajstić information content (AvgIpc) is 1.84. The van der Waals surface area contributed by atoms with Crippen molar-refractivity contribution in [3.63, 3.8) is 0 Å². The second kappa shape index (κ2) is 7.31. The van der Waals surface area contributed by atoms with Crippen LogP contribution in [-0.4, -0.2) is 50.3 Å². The first-order chi connectivity index (χ1) is 4.62. The van der Waals surface area contributed by atoms with Crippen LogP contribution in [0, 0.1) is 0 Å². The molecular formula is C6H13NaO3S. The summed E-state index contributed by atoms with van der Waals surface area (Å²) in [5.41, 5.74) is 0. The van der Waals surface area contributed by atoms with E-state index in [1.54, 1.807) is 0 Å². The third-order valence-corrected chi connectivity index (χ3v) is 1.96. The molecule has 0 radical (unpaired) electrons. The van der Waals surface area contributed by atoms with Gasteiger partial charge in [-0.3, -0.25) is 4.18 Å². The maximum atomic E-state index is 10.7. The molecular weight excluding hydrogens is 175 g/mol. The number of hydrogen-bond acceptors (Lipinski definition) is 3. The molecule has 0 aliphatic heterocycles. The molecule has 0 saturated heterocycles. The van der Waals surface area contributed by atoms with Crippen LogP contribution in [0.1, 0.15) is 13.3 Å². The molecule has 62 valence electrons. The molecule has 0 atom stereocenters. The molecule has 0 rings (SSSR count). The van der Waals surface area contributed by atoms with E-state index in [1.165, 1.54) is 6.08 Å². The summed E-state index contributed by atoms with van der Waals surface area (Å²) in [7, 11) is -3.31. The molecule has 0 amide bonds. The molecule has 0 unspecified atom stereocenters. The van der Waals surface area contributed by atoms with Gasteiger partial charge in [-0.25, -0.2) is 0 Å². The molecule has 0 aliphatic rings. The first-order valence-corrected chi connectivity index (χ1v) is 4.68. The Morgan fingerprint density at radius 2 is 2.09 bits per heavy atom. The zero-order chi connectivity index (χ0) is 8.04. The van der Waals surface area contributed by atoms with Gasteiger partial charge >= 0.3 is 29.6 Å². The van der Waals surface area contributed by atoms with Gasteiger partial charge < -0.3 is 0 Å². The Morgan fingerprint density at radius 3 is 2.45 bits per heavy atom. The summed E-state index contributed by atoms with van der Waals surface area (Å²) in [5, 5.41) is 0. The van der Waals surface area contributed by atoms with E-state index in [4.69, 9.17) is 0 Å². The first-order valence-electron chi connectivity index (χ1n) is 3.10. The van der Waals surface area contributed by atoms with E-state index in [-0.39, 0.29) is 41.9 Å². The van der Waals surface area contributed by atoms with Gasteiger partial charge in [-0.2, -0.15) is 8.42 Å². The predicted octanol–water partition coefficient (Wildman–Crippen LogP) is 0.280. The Morgan fingerprint density at radius 1 is 1.55 bits per heavy atom. The quantitative estimate of drug-likeness (QED) is 0.353. The van der Waals surface area contributed by atoms with Crippen molar-refractivity contribution in [1.29, 1.82) is 0 Å². The van der Waals surface area contributed by atoms with Crippen molar-refractivity contribution in [2.75, 3.05) is 12.4 Å². The molecule has 11 heavy (non-hydrogen) atoms. The van der Waals surface area contributed by atoms with Crippen molar-refractivity contribution in [3.05, 3.63) is 12.7 Å². The molecule has 0 N–H and O–H groups in total. The van der Waals surface area contributed by atoms with Gasteiger partial charge in [0.05, 0.1) is 12.4 Å². The fourth-order valence-electron chi connectivity index (χ4n) is 0.403. The van der Waals surface area contributed by atoms with Crippen molar-refractivity contribution < 1.29 is 12.6 Å². The summed E-state index contributed by atoms with van der Waals surface area (Å²) < 4.78 is 25.9. The summed E-state index contributed by atoms with van der Waals surface area (Å²) in [4.78, 5) is 0. The van der Waals surface area contributed by atoms with Crippen LogP contribution in [0.25, 0.3) is 0 Å². The first kappa shape index (κ1) is 14.2. The minimum absolute atomic E-state index is 0. The molecule has 0 aliphatic carbocycles. The van der Waals surface area contributed by atoms with E-state index in [1.807, 2.05) is 6.92 Å². The molecule has 0 heterocycles. The van der Waals surface area contributed by atoms with Gasteiger partial charge in [0.15, 0.2) is 0 Å². The molecule has 0 spiro atoms. The molecule has 0 aromatic rings. The van der Waals surface area contributed by atoms with Gasteiger partial charge in [0.1, 0.15) is 0 Å². The third-order valence-electron chi connectivity index (χ3n) is 0.789. The van der Waals surface area contributed by atoms with Crippen LogP contribution < -0.4 is 0 Å². The van der Waals surface area contributed by atoms with E-state index in [0.717, 1.165) is 0 Å². The van der Waals surface area contributed by atoms with Gasteiger partial charge in [0.2, 0.25) is 0 Å². The van der Waals surface area contributed by atoms with Crippen LogP contribution in [0.15, 0.2) is 12.7 Å². The minimum atomic E-state index is -3.31. The van der Waals surface area contributed by atoms with E-state index in [9.17, 15) is 8.42 Å². The molecule has 0 saturated carbocycles. The van der Waals surface area contributed by atoms with Crippen LogP contribution in [0.3, 0.4) is 0 Å². The SMILES string of the molecule is C=CCS(=O)(=O)OCCC.[NaH]. The number of rotatable bonds is 5.